The van der Waals surface area contributed by atoms with E-state index in [0.29, 0.717) is 19.3 Å². The van der Waals surface area contributed by atoms with Gasteiger partial charge in [-0.3, -0.25) is 14.4 Å². The van der Waals surface area contributed by atoms with Gasteiger partial charge in [0, 0.05) is 19.3 Å². The van der Waals surface area contributed by atoms with Crippen molar-refractivity contribution in [2.45, 2.75) is 219 Å². The summed E-state index contributed by atoms with van der Waals surface area (Å²) in [6.07, 6.45) is 32.6. The summed E-state index contributed by atoms with van der Waals surface area (Å²) in [6, 6.07) is 0. The van der Waals surface area contributed by atoms with Crippen molar-refractivity contribution in [1.82, 2.24) is 0 Å². The maximum absolute atomic E-state index is 12.5. The van der Waals surface area contributed by atoms with Gasteiger partial charge in [-0.15, -0.1) is 0 Å². The highest BCUT2D eigenvalue weighted by Crippen LogP contribution is 2.14. The van der Waals surface area contributed by atoms with E-state index in [1.807, 2.05) is 0 Å². The van der Waals surface area contributed by atoms with Gasteiger partial charge in [-0.25, -0.2) is 0 Å². The molecule has 0 heterocycles. The molecule has 0 aliphatic heterocycles. The molecule has 1 unspecified atom stereocenters. The van der Waals surface area contributed by atoms with Crippen LogP contribution in [0.4, 0.5) is 0 Å². The van der Waals surface area contributed by atoms with E-state index in [-0.39, 0.29) is 31.1 Å². The fraction of sp³-hybridized carbons (Fsp3) is 0.923. The van der Waals surface area contributed by atoms with Gasteiger partial charge < -0.3 is 14.2 Å². The minimum Gasteiger partial charge on any atom is -0.462 e. The van der Waals surface area contributed by atoms with E-state index < -0.39 is 6.10 Å². The quantitative estimate of drug-likeness (QED) is 0.0390. The third-order valence-electron chi connectivity index (χ3n) is 8.61. The number of unbranched alkanes of at least 4 members (excludes halogenated alkanes) is 24. The zero-order chi connectivity index (χ0) is 33.1. The first-order valence-corrected chi connectivity index (χ1v) is 19.5. The van der Waals surface area contributed by atoms with Crippen LogP contribution in [-0.4, -0.2) is 37.2 Å². The van der Waals surface area contributed by atoms with Crippen LogP contribution in [0.5, 0.6) is 0 Å². The van der Waals surface area contributed by atoms with Crippen LogP contribution < -0.4 is 0 Å². The molecule has 6 heteroatoms. The van der Waals surface area contributed by atoms with Crippen LogP contribution in [0.3, 0.4) is 0 Å². The Labute approximate surface area is 278 Å². The summed E-state index contributed by atoms with van der Waals surface area (Å²) in [5.74, 6) is -0.878. The first kappa shape index (κ1) is 43.4. The summed E-state index contributed by atoms with van der Waals surface area (Å²) >= 11 is 0. The fourth-order valence-corrected chi connectivity index (χ4v) is 5.62. The van der Waals surface area contributed by atoms with Gasteiger partial charge in [-0.1, -0.05) is 175 Å². The van der Waals surface area contributed by atoms with Gasteiger partial charge in [0.2, 0.25) is 0 Å². The lowest BCUT2D eigenvalue weighted by Gasteiger charge is -2.18. The van der Waals surface area contributed by atoms with Crippen molar-refractivity contribution in [1.29, 1.82) is 0 Å². The monoisotopic (exact) mass is 639 g/mol. The average molecular weight is 639 g/mol. The first-order valence-electron chi connectivity index (χ1n) is 19.5. The standard InChI is InChI=1S/C39H74O6/c1-4-7-10-13-16-17-18-19-20-21-22-24-26-29-32-38(41)44-35-36(34-43-37(40)31-28-25-15-12-9-6-3)45-39(42)33-30-27-23-14-11-8-5-2/h36H,4-35H2,1-3H3. The van der Waals surface area contributed by atoms with Crippen LogP contribution in [-0.2, 0) is 28.6 Å². The number of hydrogen-bond donors (Lipinski definition) is 0. The lowest BCUT2D eigenvalue weighted by molar-refractivity contribution is -0.167. The number of esters is 3. The highest BCUT2D eigenvalue weighted by Gasteiger charge is 2.19. The molecule has 0 aromatic carbocycles. The third-order valence-corrected chi connectivity index (χ3v) is 8.61. The lowest BCUT2D eigenvalue weighted by atomic mass is 10.0. The molecule has 266 valence electrons. The van der Waals surface area contributed by atoms with Crippen LogP contribution in [0.15, 0.2) is 0 Å². The molecule has 0 spiro atoms. The first-order chi connectivity index (χ1) is 22.0. The average Bonchev–Trinajstić information content (AvgIpc) is 3.03. The van der Waals surface area contributed by atoms with Gasteiger partial charge in [-0.2, -0.15) is 0 Å². The van der Waals surface area contributed by atoms with Crippen molar-refractivity contribution in [2.75, 3.05) is 13.2 Å². The van der Waals surface area contributed by atoms with Crippen LogP contribution >= 0.6 is 0 Å². The Hall–Kier alpha value is -1.59. The predicted octanol–water partition coefficient (Wildman–Crippen LogP) is 11.7. The number of carbonyl (C=O) groups excluding carboxylic acids is 3. The molecule has 0 aliphatic rings. The Bertz CT molecular complexity index is 664. The topological polar surface area (TPSA) is 78.9 Å². The molecule has 1 atom stereocenters. The second-order valence-corrected chi connectivity index (χ2v) is 13.2. The molecule has 45 heavy (non-hydrogen) atoms. The Morgan fingerprint density at radius 3 is 0.889 bits per heavy atom. The molecule has 0 fully saturated rings. The highest BCUT2D eigenvalue weighted by atomic mass is 16.6. The van der Waals surface area contributed by atoms with Gasteiger partial charge >= 0.3 is 17.9 Å². The van der Waals surface area contributed by atoms with Gasteiger partial charge in [0.15, 0.2) is 6.10 Å². The van der Waals surface area contributed by atoms with E-state index in [2.05, 4.69) is 20.8 Å². The second-order valence-electron chi connectivity index (χ2n) is 13.2. The summed E-state index contributed by atoms with van der Waals surface area (Å²) in [5, 5.41) is 0. The molecule has 0 saturated carbocycles. The van der Waals surface area contributed by atoms with Crippen LogP contribution in [0.1, 0.15) is 213 Å². The molecule has 0 aromatic heterocycles. The van der Waals surface area contributed by atoms with E-state index in [1.54, 1.807) is 0 Å². The maximum atomic E-state index is 12.5. The third kappa shape index (κ3) is 33.6. The van der Waals surface area contributed by atoms with Gasteiger partial charge in [-0.05, 0) is 19.3 Å². The molecule has 0 rings (SSSR count). The van der Waals surface area contributed by atoms with E-state index >= 15 is 0 Å². The van der Waals surface area contributed by atoms with Gasteiger partial charge in [0.1, 0.15) is 13.2 Å². The summed E-state index contributed by atoms with van der Waals surface area (Å²) < 4.78 is 16.5. The molecule has 0 saturated heterocycles. The largest absolute Gasteiger partial charge is 0.462 e. The van der Waals surface area contributed by atoms with Crippen molar-refractivity contribution in [3.8, 4) is 0 Å². The van der Waals surface area contributed by atoms with Gasteiger partial charge in [0.05, 0.1) is 0 Å². The Morgan fingerprint density at radius 1 is 0.356 bits per heavy atom. The zero-order valence-electron chi connectivity index (χ0n) is 30.2. The predicted molar refractivity (Wildman–Crippen MR) is 187 cm³/mol. The number of carbonyl (C=O) groups is 3. The smallest absolute Gasteiger partial charge is 0.306 e. The lowest BCUT2D eigenvalue weighted by Crippen LogP contribution is -2.30. The van der Waals surface area contributed by atoms with Crippen molar-refractivity contribution in [3.63, 3.8) is 0 Å². The summed E-state index contributed by atoms with van der Waals surface area (Å²) in [4.78, 5) is 37.1. The molecule has 6 nitrogen and oxygen atoms in total. The second kappa shape index (κ2) is 35.3. The normalized spacial score (nSPS) is 11.8. The van der Waals surface area contributed by atoms with Crippen LogP contribution in [0, 0.1) is 0 Å². The molecule has 0 bridgehead atoms. The minimum absolute atomic E-state index is 0.0650. The molecular formula is C39H74O6. The summed E-state index contributed by atoms with van der Waals surface area (Å²) in [7, 11) is 0. The van der Waals surface area contributed by atoms with E-state index in [4.69, 9.17) is 14.2 Å². The molecule has 0 radical (unpaired) electrons. The molecule has 0 aliphatic carbocycles. The zero-order valence-corrected chi connectivity index (χ0v) is 30.2. The fourth-order valence-electron chi connectivity index (χ4n) is 5.62. The maximum Gasteiger partial charge on any atom is 0.306 e. The summed E-state index contributed by atoms with van der Waals surface area (Å²) in [5.41, 5.74) is 0. The Kier molecular flexibility index (Phi) is 34.0. The van der Waals surface area contributed by atoms with E-state index in [9.17, 15) is 14.4 Å². The number of ether oxygens (including phenoxy) is 3. The van der Waals surface area contributed by atoms with Crippen LogP contribution in [0.25, 0.3) is 0 Å². The van der Waals surface area contributed by atoms with Crippen molar-refractivity contribution >= 4 is 17.9 Å². The minimum atomic E-state index is -0.754. The van der Waals surface area contributed by atoms with Crippen molar-refractivity contribution in [2.24, 2.45) is 0 Å². The van der Waals surface area contributed by atoms with Crippen LogP contribution in [0.2, 0.25) is 0 Å². The highest BCUT2D eigenvalue weighted by molar-refractivity contribution is 5.71. The number of rotatable bonds is 35. The SMILES string of the molecule is CCCCCCCCCCCCCCCCC(=O)OCC(COC(=O)CCCCCCCC)OC(=O)CCCCCCCCC. The Balaban J connectivity index is 4.20. The molecular weight excluding hydrogens is 564 g/mol. The van der Waals surface area contributed by atoms with E-state index in [1.165, 1.54) is 116 Å². The molecule has 0 N–H and O–H groups in total. The van der Waals surface area contributed by atoms with Crippen molar-refractivity contribution < 1.29 is 28.6 Å². The molecule has 0 aromatic rings. The van der Waals surface area contributed by atoms with E-state index in [0.717, 1.165) is 57.8 Å². The Morgan fingerprint density at radius 2 is 0.600 bits per heavy atom. The number of hydrogen-bond acceptors (Lipinski definition) is 6. The summed E-state index contributed by atoms with van der Waals surface area (Å²) in [6.45, 7) is 6.53. The van der Waals surface area contributed by atoms with Crippen molar-refractivity contribution in [3.05, 3.63) is 0 Å². The molecule has 0 amide bonds. The van der Waals surface area contributed by atoms with Gasteiger partial charge in [0.25, 0.3) is 0 Å².